The first kappa shape index (κ1) is 14.4. The van der Waals surface area contributed by atoms with Crippen LogP contribution in [0, 0.1) is 0 Å². The van der Waals surface area contributed by atoms with E-state index >= 15 is 0 Å². The Bertz CT molecular complexity index is 104. The Balaban J connectivity index is 2.85. The lowest BCUT2D eigenvalue weighted by Crippen LogP contribution is -2.12. The summed E-state index contributed by atoms with van der Waals surface area (Å²) in [6, 6.07) is 0. The third-order valence-electron chi connectivity index (χ3n) is 2.49. The summed E-state index contributed by atoms with van der Waals surface area (Å²) < 4.78 is 0. The zero-order valence-corrected chi connectivity index (χ0v) is 11.5. The molecule has 0 aliphatic heterocycles. The van der Waals surface area contributed by atoms with Gasteiger partial charge in [0.25, 0.3) is 0 Å². The van der Waals surface area contributed by atoms with E-state index in [4.69, 9.17) is 0 Å². The molecule has 0 atom stereocenters. The van der Waals surface area contributed by atoms with Crippen molar-refractivity contribution >= 4 is 15.9 Å². The highest BCUT2D eigenvalue weighted by molar-refractivity contribution is 9.09. The van der Waals surface area contributed by atoms with Crippen molar-refractivity contribution in [2.24, 2.45) is 0 Å². The van der Waals surface area contributed by atoms with Crippen LogP contribution in [0.5, 0.6) is 0 Å². The molecule has 0 aromatic heterocycles. The van der Waals surface area contributed by atoms with Gasteiger partial charge in [-0.1, -0.05) is 54.5 Å². The molecule has 0 bridgehead atoms. The van der Waals surface area contributed by atoms with E-state index in [1.807, 2.05) is 0 Å². The van der Waals surface area contributed by atoms with Gasteiger partial charge in [-0.2, -0.15) is 0 Å². The minimum Gasteiger partial charge on any atom is -0.309 e. The number of rotatable bonds is 10. The molecule has 0 fully saturated rings. The molecule has 0 aliphatic carbocycles. The van der Waals surface area contributed by atoms with Crippen LogP contribution in [0.1, 0.15) is 51.4 Å². The van der Waals surface area contributed by atoms with Gasteiger partial charge in [0.05, 0.1) is 0 Å². The SMILES string of the molecule is CN(C)CCCCCCCCCCBr. The van der Waals surface area contributed by atoms with Crippen LogP contribution in [0.2, 0.25) is 0 Å². The van der Waals surface area contributed by atoms with Crippen molar-refractivity contribution in [1.82, 2.24) is 4.90 Å². The zero-order chi connectivity index (χ0) is 10.6. The summed E-state index contributed by atoms with van der Waals surface area (Å²) in [4.78, 5) is 2.27. The van der Waals surface area contributed by atoms with Crippen molar-refractivity contribution in [3.05, 3.63) is 0 Å². The third-order valence-corrected chi connectivity index (χ3v) is 3.05. The average molecular weight is 264 g/mol. The van der Waals surface area contributed by atoms with Crippen molar-refractivity contribution in [2.75, 3.05) is 26.0 Å². The van der Waals surface area contributed by atoms with Gasteiger partial charge in [-0.05, 0) is 33.5 Å². The molecule has 0 saturated carbocycles. The standard InChI is InChI=1S/C12H26BrN/c1-14(2)12-10-8-6-4-3-5-7-9-11-13/h3-12H2,1-2H3. The molecule has 1 nitrogen and oxygen atoms in total. The Labute approximate surface area is 98.4 Å². The molecule has 0 rings (SSSR count). The number of hydrogen-bond acceptors (Lipinski definition) is 1. The van der Waals surface area contributed by atoms with E-state index in [0.29, 0.717) is 0 Å². The fourth-order valence-corrected chi connectivity index (χ4v) is 1.98. The molecule has 0 spiro atoms. The van der Waals surface area contributed by atoms with Crippen LogP contribution in [0.4, 0.5) is 0 Å². The highest BCUT2D eigenvalue weighted by atomic mass is 79.9. The molecular formula is C12H26BrN. The summed E-state index contributed by atoms with van der Waals surface area (Å²) in [7, 11) is 4.31. The minimum absolute atomic E-state index is 1.18. The van der Waals surface area contributed by atoms with E-state index in [9.17, 15) is 0 Å². The van der Waals surface area contributed by atoms with E-state index in [0.717, 1.165) is 0 Å². The second-order valence-corrected chi connectivity index (χ2v) is 5.11. The van der Waals surface area contributed by atoms with Crippen LogP contribution < -0.4 is 0 Å². The van der Waals surface area contributed by atoms with Crippen LogP contribution in [0.25, 0.3) is 0 Å². The van der Waals surface area contributed by atoms with E-state index in [-0.39, 0.29) is 0 Å². The van der Waals surface area contributed by atoms with Gasteiger partial charge in [0.15, 0.2) is 0 Å². The molecule has 0 radical (unpaired) electrons. The molecule has 0 amide bonds. The van der Waals surface area contributed by atoms with Gasteiger partial charge >= 0.3 is 0 Å². The summed E-state index contributed by atoms with van der Waals surface area (Å²) in [5, 5.41) is 1.18. The molecule has 0 aliphatic rings. The highest BCUT2D eigenvalue weighted by Gasteiger charge is 1.93. The van der Waals surface area contributed by atoms with Gasteiger partial charge in [-0.25, -0.2) is 0 Å². The third kappa shape index (κ3) is 12.4. The average Bonchev–Trinajstić information content (AvgIpc) is 2.15. The van der Waals surface area contributed by atoms with Gasteiger partial charge in [0.1, 0.15) is 0 Å². The summed E-state index contributed by atoms with van der Waals surface area (Å²) >= 11 is 3.46. The van der Waals surface area contributed by atoms with E-state index in [1.165, 1.54) is 63.2 Å². The first-order valence-electron chi connectivity index (χ1n) is 5.98. The topological polar surface area (TPSA) is 3.24 Å². The zero-order valence-electron chi connectivity index (χ0n) is 9.90. The molecule has 86 valence electrons. The first-order chi connectivity index (χ1) is 6.77. The maximum absolute atomic E-state index is 3.46. The number of hydrogen-bond donors (Lipinski definition) is 0. The second-order valence-electron chi connectivity index (χ2n) is 4.32. The van der Waals surface area contributed by atoms with Crippen LogP contribution in [-0.2, 0) is 0 Å². The van der Waals surface area contributed by atoms with Crippen molar-refractivity contribution in [1.29, 1.82) is 0 Å². The molecule has 0 aromatic carbocycles. The summed E-state index contributed by atoms with van der Waals surface area (Å²) in [6.45, 7) is 1.25. The molecule has 0 N–H and O–H groups in total. The van der Waals surface area contributed by atoms with Gasteiger partial charge in [0, 0.05) is 5.33 Å². The fraction of sp³-hybridized carbons (Fsp3) is 1.00. The maximum atomic E-state index is 3.46. The minimum atomic E-state index is 1.18. The second kappa shape index (κ2) is 11.5. The normalized spacial score (nSPS) is 11.1. The lowest BCUT2D eigenvalue weighted by molar-refractivity contribution is 0.389. The van der Waals surface area contributed by atoms with E-state index in [2.05, 4.69) is 34.9 Å². The summed E-state index contributed by atoms with van der Waals surface area (Å²) in [5.74, 6) is 0. The first-order valence-corrected chi connectivity index (χ1v) is 7.10. The molecular weight excluding hydrogens is 238 g/mol. The molecule has 0 saturated heterocycles. The highest BCUT2D eigenvalue weighted by Crippen LogP contribution is 2.09. The van der Waals surface area contributed by atoms with Crippen LogP contribution in [-0.4, -0.2) is 30.9 Å². The monoisotopic (exact) mass is 263 g/mol. The van der Waals surface area contributed by atoms with Crippen LogP contribution >= 0.6 is 15.9 Å². The van der Waals surface area contributed by atoms with Crippen molar-refractivity contribution in [3.63, 3.8) is 0 Å². The Morgan fingerprint density at radius 1 is 0.714 bits per heavy atom. The summed E-state index contributed by atoms with van der Waals surface area (Å²) in [5.41, 5.74) is 0. The number of nitrogens with zero attached hydrogens (tertiary/aromatic N) is 1. The lowest BCUT2D eigenvalue weighted by atomic mass is 10.1. The molecule has 2 heteroatoms. The quantitative estimate of drug-likeness (QED) is 0.425. The van der Waals surface area contributed by atoms with Crippen LogP contribution in [0.15, 0.2) is 0 Å². The van der Waals surface area contributed by atoms with Gasteiger partial charge < -0.3 is 4.90 Å². The Kier molecular flexibility index (Phi) is 11.9. The Morgan fingerprint density at radius 3 is 1.57 bits per heavy atom. The van der Waals surface area contributed by atoms with Crippen molar-refractivity contribution in [3.8, 4) is 0 Å². The molecule has 14 heavy (non-hydrogen) atoms. The number of unbranched alkanes of at least 4 members (excludes halogenated alkanes) is 7. The predicted octanol–water partition coefficient (Wildman–Crippen LogP) is 4.06. The lowest BCUT2D eigenvalue weighted by Gasteiger charge is -2.08. The molecule has 0 unspecified atom stereocenters. The number of alkyl halides is 1. The Morgan fingerprint density at radius 2 is 1.14 bits per heavy atom. The van der Waals surface area contributed by atoms with Crippen molar-refractivity contribution < 1.29 is 0 Å². The predicted molar refractivity (Wildman–Crippen MR) is 69.3 cm³/mol. The van der Waals surface area contributed by atoms with Gasteiger partial charge in [-0.3, -0.25) is 0 Å². The van der Waals surface area contributed by atoms with Crippen LogP contribution in [0.3, 0.4) is 0 Å². The Hall–Kier alpha value is 0.440. The maximum Gasteiger partial charge on any atom is 0.00313 e. The van der Waals surface area contributed by atoms with Crippen molar-refractivity contribution in [2.45, 2.75) is 51.4 Å². The smallest absolute Gasteiger partial charge is 0.00313 e. The van der Waals surface area contributed by atoms with E-state index in [1.54, 1.807) is 0 Å². The fourth-order valence-electron chi connectivity index (χ4n) is 1.58. The molecule has 0 aromatic rings. The molecule has 0 heterocycles. The largest absolute Gasteiger partial charge is 0.309 e. The van der Waals surface area contributed by atoms with E-state index < -0.39 is 0 Å². The summed E-state index contributed by atoms with van der Waals surface area (Å²) in [6.07, 6.45) is 11.3. The number of halogens is 1. The van der Waals surface area contributed by atoms with Gasteiger partial charge in [-0.15, -0.1) is 0 Å². The van der Waals surface area contributed by atoms with Gasteiger partial charge in [0.2, 0.25) is 0 Å².